The maximum atomic E-state index is 13.1. The van der Waals surface area contributed by atoms with Crippen molar-refractivity contribution in [1.82, 2.24) is 14.8 Å². The van der Waals surface area contributed by atoms with E-state index in [0.717, 1.165) is 27.7 Å². The predicted molar refractivity (Wildman–Crippen MR) is 107 cm³/mol. The quantitative estimate of drug-likeness (QED) is 0.525. The standard InChI is InChI=1S/C20H19FN4OS/c1-13-18(14(2)25(24-13)17-7-4-15(21)5-8-17)9-10-19(26)23-16-6-11-20(27-3)22-12-16/h4-12H,1-3H3,(H,23,26)/b10-9+. The highest BCUT2D eigenvalue weighted by molar-refractivity contribution is 7.98. The Morgan fingerprint density at radius 1 is 1.19 bits per heavy atom. The molecule has 0 radical (unpaired) electrons. The van der Waals surface area contributed by atoms with Gasteiger partial charge in [0.25, 0.3) is 0 Å². The molecular formula is C20H19FN4OS. The number of pyridine rings is 1. The van der Waals surface area contributed by atoms with Crippen LogP contribution in [0.3, 0.4) is 0 Å². The molecule has 3 rings (SSSR count). The Morgan fingerprint density at radius 3 is 2.56 bits per heavy atom. The number of aryl methyl sites for hydroxylation is 1. The normalized spacial score (nSPS) is 11.1. The number of benzene rings is 1. The molecule has 0 bridgehead atoms. The molecule has 27 heavy (non-hydrogen) atoms. The lowest BCUT2D eigenvalue weighted by molar-refractivity contribution is -0.111. The van der Waals surface area contributed by atoms with Gasteiger partial charge < -0.3 is 5.32 Å². The minimum absolute atomic E-state index is 0.248. The molecule has 0 fully saturated rings. The maximum Gasteiger partial charge on any atom is 0.248 e. The Hall–Kier alpha value is -2.93. The summed E-state index contributed by atoms with van der Waals surface area (Å²) in [5, 5.41) is 8.16. The summed E-state index contributed by atoms with van der Waals surface area (Å²) in [5.74, 6) is -0.542. The average Bonchev–Trinajstić information content (AvgIpc) is 2.95. The second-order valence-corrected chi connectivity index (χ2v) is 6.71. The highest BCUT2D eigenvalue weighted by Gasteiger charge is 2.11. The van der Waals surface area contributed by atoms with E-state index in [9.17, 15) is 9.18 Å². The number of nitrogens with one attached hydrogen (secondary N) is 1. The number of rotatable bonds is 5. The van der Waals surface area contributed by atoms with Crippen molar-refractivity contribution >= 4 is 29.4 Å². The third-order valence-corrected chi connectivity index (χ3v) is 4.69. The smallest absolute Gasteiger partial charge is 0.248 e. The number of hydrogen-bond acceptors (Lipinski definition) is 4. The summed E-state index contributed by atoms with van der Waals surface area (Å²) in [5.41, 5.74) is 3.91. The zero-order valence-electron chi connectivity index (χ0n) is 15.2. The summed E-state index contributed by atoms with van der Waals surface area (Å²) >= 11 is 1.54. The van der Waals surface area contributed by atoms with Crippen LogP contribution in [-0.2, 0) is 4.79 Å². The van der Waals surface area contributed by atoms with Crippen molar-refractivity contribution in [3.63, 3.8) is 0 Å². The first-order valence-electron chi connectivity index (χ1n) is 8.29. The summed E-state index contributed by atoms with van der Waals surface area (Å²) in [6, 6.07) is 9.79. The number of halogens is 1. The number of thioether (sulfide) groups is 1. The molecule has 0 atom stereocenters. The van der Waals surface area contributed by atoms with E-state index < -0.39 is 0 Å². The van der Waals surface area contributed by atoms with Crippen LogP contribution >= 0.6 is 11.8 Å². The van der Waals surface area contributed by atoms with Crippen LogP contribution in [0.2, 0.25) is 0 Å². The lowest BCUT2D eigenvalue weighted by atomic mass is 10.2. The van der Waals surface area contributed by atoms with Crippen LogP contribution in [0.15, 0.2) is 53.7 Å². The van der Waals surface area contributed by atoms with Crippen LogP contribution in [0.5, 0.6) is 0 Å². The first-order valence-corrected chi connectivity index (χ1v) is 9.51. The molecule has 2 aromatic heterocycles. The number of hydrogen-bond donors (Lipinski definition) is 1. The molecule has 138 valence electrons. The monoisotopic (exact) mass is 382 g/mol. The topological polar surface area (TPSA) is 59.8 Å². The first kappa shape index (κ1) is 18.8. The molecule has 0 unspecified atom stereocenters. The first-order chi connectivity index (χ1) is 13.0. The van der Waals surface area contributed by atoms with Gasteiger partial charge in [-0.3, -0.25) is 4.79 Å². The van der Waals surface area contributed by atoms with E-state index in [2.05, 4.69) is 15.4 Å². The third-order valence-electron chi connectivity index (χ3n) is 4.03. The van der Waals surface area contributed by atoms with E-state index in [1.54, 1.807) is 40.8 Å². The number of carbonyl (C=O) groups is 1. The van der Waals surface area contributed by atoms with E-state index >= 15 is 0 Å². The van der Waals surface area contributed by atoms with Gasteiger partial charge in [-0.25, -0.2) is 14.1 Å². The molecule has 0 aliphatic heterocycles. The lowest BCUT2D eigenvalue weighted by Crippen LogP contribution is -2.08. The second kappa shape index (κ2) is 8.18. The fourth-order valence-electron chi connectivity index (χ4n) is 2.65. The van der Waals surface area contributed by atoms with Gasteiger partial charge in [0, 0.05) is 17.3 Å². The summed E-state index contributed by atoms with van der Waals surface area (Å²) in [7, 11) is 0. The molecule has 1 aromatic carbocycles. The van der Waals surface area contributed by atoms with Crippen LogP contribution in [0.25, 0.3) is 11.8 Å². The highest BCUT2D eigenvalue weighted by atomic mass is 32.2. The van der Waals surface area contributed by atoms with Crippen molar-refractivity contribution in [3.8, 4) is 5.69 Å². The van der Waals surface area contributed by atoms with Crippen LogP contribution in [0, 0.1) is 19.7 Å². The largest absolute Gasteiger partial charge is 0.321 e. The number of anilines is 1. The van der Waals surface area contributed by atoms with Gasteiger partial charge >= 0.3 is 0 Å². The minimum Gasteiger partial charge on any atom is -0.321 e. The molecule has 3 aromatic rings. The third kappa shape index (κ3) is 4.43. The number of amides is 1. The van der Waals surface area contributed by atoms with E-state index in [1.807, 2.05) is 32.2 Å². The molecule has 0 aliphatic carbocycles. The summed E-state index contributed by atoms with van der Waals surface area (Å²) in [4.78, 5) is 16.4. The van der Waals surface area contributed by atoms with Gasteiger partial charge in [-0.1, -0.05) is 0 Å². The van der Waals surface area contributed by atoms with Crippen LogP contribution in [-0.4, -0.2) is 26.9 Å². The predicted octanol–water partition coefficient (Wildman–Crippen LogP) is 4.40. The number of carbonyl (C=O) groups excluding carboxylic acids is 1. The van der Waals surface area contributed by atoms with E-state index in [4.69, 9.17) is 0 Å². The molecular weight excluding hydrogens is 363 g/mol. The van der Waals surface area contributed by atoms with Crippen molar-refractivity contribution in [1.29, 1.82) is 0 Å². The van der Waals surface area contributed by atoms with E-state index in [-0.39, 0.29) is 11.7 Å². The zero-order valence-corrected chi connectivity index (χ0v) is 16.0. The van der Waals surface area contributed by atoms with Gasteiger partial charge in [0.1, 0.15) is 5.82 Å². The number of aromatic nitrogens is 3. The van der Waals surface area contributed by atoms with Gasteiger partial charge in [-0.05, 0) is 62.6 Å². The van der Waals surface area contributed by atoms with Gasteiger partial charge in [0.2, 0.25) is 5.91 Å². The molecule has 0 saturated heterocycles. The van der Waals surface area contributed by atoms with E-state index in [0.29, 0.717) is 5.69 Å². The Kier molecular flexibility index (Phi) is 5.71. The molecule has 1 amide bonds. The van der Waals surface area contributed by atoms with E-state index in [1.165, 1.54) is 18.2 Å². The summed E-state index contributed by atoms with van der Waals surface area (Å²) in [6.07, 6.45) is 6.77. The van der Waals surface area contributed by atoms with Crippen LogP contribution < -0.4 is 5.32 Å². The fourth-order valence-corrected chi connectivity index (χ4v) is 3.01. The SMILES string of the molecule is CSc1ccc(NC(=O)/C=C/c2c(C)nn(-c3ccc(F)cc3)c2C)cn1. The molecule has 0 aliphatic rings. The summed E-state index contributed by atoms with van der Waals surface area (Å²) in [6.45, 7) is 3.78. The Bertz CT molecular complexity index is 978. The van der Waals surface area contributed by atoms with Crippen molar-refractivity contribution in [2.24, 2.45) is 0 Å². The Balaban J connectivity index is 1.76. The molecule has 2 heterocycles. The van der Waals surface area contributed by atoms with Crippen molar-refractivity contribution in [3.05, 3.63) is 71.4 Å². The van der Waals surface area contributed by atoms with Crippen molar-refractivity contribution in [2.75, 3.05) is 11.6 Å². The van der Waals surface area contributed by atoms with Crippen molar-refractivity contribution < 1.29 is 9.18 Å². The Labute approximate surface area is 161 Å². The van der Waals surface area contributed by atoms with Crippen LogP contribution in [0.4, 0.5) is 10.1 Å². The highest BCUT2D eigenvalue weighted by Crippen LogP contribution is 2.20. The number of nitrogens with zero attached hydrogens (tertiary/aromatic N) is 3. The van der Waals surface area contributed by atoms with Gasteiger partial charge in [0.05, 0.1) is 28.3 Å². The van der Waals surface area contributed by atoms with Crippen molar-refractivity contribution in [2.45, 2.75) is 18.9 Å². The lowest BCUT2D eigenvalue weighted by Gasteiger charge is -2.04. The molecule has 0 spiro atoms. The van der Waals surface area contributed by atoms with Crippen LogP contribution in [0.1, 0.15) is 17.0 Å². The average molecular weight is 382 g/mol. The van der Waals surface area contributed by atoms with Gasteiger partial charge in [0.15, 0.2) is 0 Å². The molecule has 1 N–H and O–H groups in total. The molecule has 5 nitrogen and oxygen atoms in total. The van der Waals surface area contributed by atoms with Gasteiger partial charge in [-0.2, -0.15) is 5.10 Å². The minimum atomic E-state index is -0.294. The zero-order chi connectivity index (χ0) is 19.4. The molecule has 0 saturated carbocycles. The van der Waals surface area contributed by atoms with Gasteiger partial charge in [-0.15, -0.1) is 11.8 Å². The maximum absolute atomic E-state index is 13.1. The Morgan fingerprint density at radius 2 is 1.93 bits per heavy atom. The second-order valence-electron chi connectivity index (χ2n) is 5.88. The summed E-state index contributed by atoms with van der Waals surface area (Å²) < 4.78 is 14.9. The fraction of sp³-hybridized carbons (Fsp3) is 0.150. The molecule has 7 heteroatoms.